The predicted molar refractivity (Wildman–Crippen MR) is 83.0 cm³/mol. The van der Waals surface area contributed by atoms with Gasteiger partial charge in [0.1, 0.15) is 5.75 Å². The lowest BCUT2D eigenvalue weighted by Gasteiger charge is -2.32. The first-order chi connectivity index (χ1) is 10.1. The molecule has 2 rings (SSSR count). The Morgan fingerprint density at radius 3 is 3.00 bits per heavy atom. The number of halogens is 2. The van der Waals surface area contributed by atoms with Crippen molar-refractivity contribution in [3.63, 3.8) is 0 Å². The summed E-state index contributed by atoms with van der Waals surface area (Å²) in [6, 6.07) is 4.91. The van der Waals surface area contributed by atoms with Crippen LogP contribution in [0.3, 0.4) is 0 Å². The number of rotatable bonds is 5. The Labute approximate surface area is 134 Å². The van der Waals surface area contributed by atoms with Gasteiger partial charge in [0.15, 0.2) is 6.61 Å². The summed E-state index contributed by atoms with van der Waals surface area (Å²) in [5, 5.41) is 9.95. The number of carbonyl (C=O) groups is 1. The number of aliphatic hydroxyl groups excluding tert-OH is 1. The van der Waals surface area contributed by atoms with Crippen molar-refractivity contribution in [2.75, 3.05) is 26.3 Å². The van der Waals surface area contributed by atoms with E-state index in [4.69, 9.17) is 33.0 Å². The number of ether oxygens (including phenoxy) is 1. The SMILES string of the molecule is O=C(COc1cc(Cl)ccc1Cl)N1CCCC(CCO)C1. The highest BCUT2D eigenvalue weighted by molar-refractivity contribution is 6.34. The van der Waals surface area contributed by atoms with Crippen molar-refractivity contribution in [2.45, 2.75) is 19.3 Å². The molecule has 4 nitrogen and oxygen atoms in total. The van der Waals surface area contributed by atoms with E-state index < -0.39 is 0 Å². The van der Waals surface area contributed by atoms with Gasteiger partial charge in [-0.3, -0.25) is 4.79 Å². The van der Waals surface area contributed by atoms with Crippen LogP contribution >= 0.6 is 23.2 Å². The molecule has 116 valence electrons. The summed E-state index contributed by atoms with van der Waals surface area (Å²) in [4.78, 5) is 14.0. The highest BCUT2D eigenvalue weighted by atomic mass is 35.5. The summed E-state index contributed by atoms with van der Waals surface area (Å²) >= 11 is 11.9. The van der Waals surface area contributed by atoms with Crippen molar-refractivity contribution in [3.8, 4) is 5.75 Å². The van der Waals surface area contributed by atoms with Gasteiger partial charge in [0.05, 0.1) is 5.02 Å². The molecule has 0 aromatic heterocycles. The largest absolute Gasteiger partial charge is 0.482 e. The molecule has 0 bridgehead atoms. The molecular weight excluding hydrogens is 313 g/mol. The Kier molecular flexibility index (Phi) is 6.15. The van der Waals surface area contributed by atoms with Gasteiger partial charge in [-0.2, -0.15) is 0 Å². The van der Waals surface area contributed by atoms with Gasteiger partial charge in [-0.05, 0) is 37.3 Å². The number of likely N-dealkylation sites (tertiary alicyclic amines) is 1. The van der Waals surface area contributed by atoms with Gasteiger partial charge in [0, 0.05) is 30.8 Å². The lowest BCUT2D eigenvalue weighted by molar-refractivity contribution is -0.135. The fraction of sp³-hybridized carbons (Fsp3) is 0.533. The lowest BCUT2D eigenvalue weighted by atomic mass is 9.95. The van der Waals surface area contributed by atoms with Crippen LogP contribution in [0, 0.1) is 5.92 Å². The first kappa shape index (κ1) is 16.4. The molecule has 0 aliphatic carbocycles. The minimum absolute atomic E-state index is 0.0497. The van der Waals surface area contributed by atoms with Gasteiger partial charge in [-0.15, -0.1) is 0 Å². The van der Waals surface area contributed by atoms with Crippen LogP contribution in [0.15, 0.2) is 18.2 Å². The molecule has 0 saturated carbocycles. The van der Waals surface area contributed by atoms with Crippen molar-refractivity contribution in [1.82, 2.24) is 4.90 Å². The molecule has 1 unspecified atom stereocenters. The van der Waals surface area contributed by atoms with Crippen LogP contribution in [-0.2, 0) is 4.79 Å². The summed E-state index contributed by atoms with van der Waals surface area (Å²) in [7, 11) is 0. The Balaban J connectivity index is 1.88. The minimum atomic E-state index is -0.0614. The Morgan fingerprint density at radius 1 is 1.43 bits per heavy atom. The number of aliphatic hydroxyl groups is 1. The zero-order chi connectivity index (χ0) is 15.2. The molecule has 6 heteroatoms. The van der Waals surface area contributed by atoms with Crippen molar-refractivity contribution < 1.29 is 14.6 Å². The van der Waals surface area contributed by atoms with Crippen molar-refractivity contribution >= 4 is 29.1 Å². The van der Waals surface area contributed by atoms with Crippen molar-refractivity contribution in [2.24, 2.45) is 5.92 Å². The molecule has 1 aromatic carbocycles. The van der Waals surface area contributed by atoms with E-state index >= 15 is 0 Å². The predicted octanol–water partition coefficient (Wildman–Crippen LogP) is 2.99. The number of hydrogen-bond donors (Lipinski definition) is 1. The fourth-order valence-electron chi connectivity index (χ4n) is 2.53. The molecule has 1 aliphatic heterocycles. The molecule has 21 heavy (non-hydrogen) atoms. The van der Waals surface area contributed by atoms with Crippen LogP contribution in [0.4, 0.5) is 0 Å². The zero-order valence-electron chi connectivity index (χ0n) is 11.7. The van der Waals surface area contributed by atoms with E-state index in [2.05, 4.69) is 0 Å². The standard InChI is InChI=1S/C15H19Cl2NO3/c16-12-3-4-13(17)14(8-12)21-10-15(20)18-6-1-2-11(9-18)5-7-19/h3-4,8,11,19H,1-2,5-7,9-10H2. The van der Waals surface area contributed by atoms with E-state index in [1.165, 1.54) is 0 Å². The van der Waals surface area contributed by atoms with Gasteiger partial charge in [-0.25, -0.2) is 0 Å². The van der Waals surface area contributed by atoms with Crippen LogP contribution in [0.25, 0.3) is 0 Å². The summed E-state index contributed by atoms with van der Waals surface area (Å²) in [6.45, 7) is 1.55. The summed E-state index contributed by atoms with van der Waals surface area (Å²) in [6.07, 6.45) is 2.77. The number of benzene rings is 1. The zero-order valence-corrected chi connectivity index (χ0v) is 13.2. The molecule has 1 saturated heterocycles. The highest BCUT2D eigenvalue weighted by Gasteiger charge is 2.23. The van der Waals surface area contributed by atoms with E-state index in [1.54, 1.807) is 23.1 Å². The maximum absolute atomic E-state index is 12.2. The van der Waals surface area contributed by atoms with Crippen molar-refractivity contribution in [3.05, 3.63) is 28.2 Å². The Hall–Kier alpha value is -0.970. The minimum Gasteiger partial charge on any atom is -0.482 e. The third-order valence-electron chi connectivity index (χ3n) is 3.65. The molecule has 0 spiro atoms. The Bertz CT molecular complexity index is 494. The normalized spacial score (nSPS) is 18.6. The van der Waals surface area contributed by atoms with E-state index in [9.17, 15) is 4.79 Å². The van der Waals surface area contributed by atoms with Gasteiger partial charge in [-0.1, -0.05) is 23.2 Å². The summed E-state index contributed by atoms with van der Waals surface area (Å²) < 4.78 is 5.47. The van der Waals surface area contributed by atoms with Crippen LogP contribution < -0.4 is 4.74 Å². The molecule has 0 radical (unpaired) electrons. The maximum atomic E-state index is 12.2. The summed E-state index contributed by atoms with van der Waals surface area (Å²) in [5.41, 5.74) is 0. The van der Waals surface area contributed by atoms with Crippen LogP contribution in [-0.4, -0.2) is 42.2 Å². The smallest absolute Gasteiger partial charge is 0.260 e. The number of piperidine rings is 1. The first-order valence-electron chi connectivity index (χ1n) is 7.06. The number of amides is 1. The molecular formula is C15H19Cl2NO3. The third-order valence-corrected chi connectivity index (χ3v) is 4.20. The third kappa shape index (κ3) is 4.77. The van der Waals surface area contributed by atoms with Gasteiger partial charge >= 0.3 is 0 Å². The number of hydrogen-bond acceptors (Lipinski definition) is 3. The van der Waals surface area contributed by atoms with Gasteiger partial charge in [0.25, 0.3) is 5.91 Å². The number of nitrogens with zero attached hydrogens (tertiary/aromatic N) is 1. The van der Waals surface area contributed by atoms with Gasteiger partial charge < -0.3 is 14.7 Å². The highest BCUT2D eigenvalue weighted by Crippen LogP contribution is 2.28. The molecule has 1 heterocycles. The van der Waals surface area contributed by atoms with Gasteiger partial charge in [0.2, 0.25) is 0 Å². The topological polar surface area (TPSA) is 49.8 Å². The number of carbonyl (C=O) groups excluding carboxylic acids is 1. The molecule has 1 aromatic rings. The van der Waals surface area contributed by atoms with E-state index in [1.807, 2.05) is 0 Å². The van der Waals surface area contributed by atoms with E-state index in [0.717, 1.165) is 25.8 Å². The van der Waals surface area contributed by atoms with E-state index in [0.29, 0.717) is 28.3 Å². The van der Waals surface area contributed by atoms with Crippen molar-refractivity contribution in [1.29, 1.82) is 0 Å². The quantitative estimate of drug-likeness (QED) is 0.902. The second kappa shape index (κ2) is 7.87. The second-order valence-corrected chi connectivity index (χ2v) is 6.07. The second-order valence-electron chi connectivity index (χ2n) is 5.22. The maximum Gasteiger partial charge on any atom is 0.260 e. The fourth-order valence-corrected chi connectivity index (χ4v) is 2.86. The van der Waals surface area contributed by atoms with E-state index in [-0.39, 0.29) is 19.1 Å². The first-order valence-corrected chi connectivity index (χ1v) is 7.82. The van der Waals surface area contributed by atoms with Crippen LogP contribution in [0.2, 0.25) is 10.0 Å². The monoisotopic (exact) mass is 331 g/mol. The Morgan fingerprint density at radius 2 is 2.24 bits per heavy atom. The molecule has 1 aliphatic rings. The van der Waals surface area contributed by atoms with Crippen LogP contribution in [0.1, 0.15) is 19.3 Å². The summed E-state index contributed by atoms with van der Waals surface area (Å²) in [5.74, 6) is 0.734. The molecule has 1 fully saturated rings. The molecule has 1 atom stereocenters. The molecule has 1 N–H and O–H groups in total. The average molecular weight is 332 g/mol. The average Bonchev–Trinajstić information content (AvgIpc) is 2.48. The lowest BCUT2D eigenvalue weighted by Crippen LogP contribution is -2.42. The van der Waals surface area contributed by atoms with Crippen LogP contribution in [0.5, 0.6) is 5.75 Å². The molecule has 1 amide bonds.